The molecule has 0 amide bonds. The second-order valence-corrected chi connectivity index (χ2v) is 10.7. The van der Waals surface area contributed by atoms with Gasteiger partial charge < -0.3 is 9.47 Å². The van der Waals surface area contributed by atoms with Crippen molar-refractivity contribution in [3.05, 3.63) is 11.6 Å². The number of esters is 2. The fourth-order valence-corrected chi connectivity index (χ4v) is 8.02. The van der Waals surface area contributed by atoms with Crippen LogP contribution in [0, 0.1) is 34.5 Å². The number of Topliss-reactive ketones (excluding diaryl/α,β-unsaturated/α-hetero) is 1. The van der Waals surface area contributed by atoms with E-state index in [0.717, 1.165) is 38.5 Å². The normalized spacial score (nSPS) is 44.8. The molecule has 0 aromatic rings. The highest BCUT2D eigenvalue weighted by atomic mass is 16.6. The summed E-state index contributed by atoms with van der Waals surface area (Å²) in [7, 11) is 0. The molecule has 0 aromatic heterocycles. The minimum absolute atomic E-state index is 0.0978. The number of rotatable bonds is 3. The quantitative estimate of drug-likeness (QED) is 0.496. The summed E-state index contributed by atoms with van der Waals surface area (Å²) in [5.74, 6) is 1.47. The largest absolute Gasteiger partial charge is 0.462 e. The summed E-state index contributed by atoms with van der Waals surface area (Å²) >= 11 is 0. The first kappa shape index (κ1) is 21.6. The van der Waals surface area contributed by atoms with Crippen molar-refractivity contribution >= 4 is 17.7 Å². The molecule has 8 atom stereocenters. The molecule has 0 saturated heterocycles. The third-order valence-electron chi connectivity index (χ3n) is 9.26. The maximum atomic E-state index is 12.3. The maximum absolute atomic E-state index is 12.3. The lowest BCUT2D eigenvalue weighted by Crippen LogP contribution is -2.57. The average Bonchev–Trinajstić information content (AvgIpc) is 2.99. The van der Waals surface area contributed by atoms with Crippen molar-refractivity contribution in [2.24, 2.45) is 34.5 Å². The Morgan fingerprint density at radius 3 is 2.30 bits per heavy atom. The van der Waals surface area contributed by atoms with Crippen molar-refractivity contribution in [1.29, 1.82) is 0 Å². The van der Waals surface area contributed by atoms with Crippen molar-refractivity contribution < 1.29 is 23.9 Å². The Kier molecular flexibility index (Phi) is 5.39. The minimum atomic E-state index is -0.283. The first-order chi connectivity index (χ1) is 14.1. The summed E-state index contributed by atoms with van der Waals surface area (Å²) in [5, 5.41) is 0. The molecule has 3 fully saturated rings. The number of ether oxygens (including phenoxy) is 2. The van der Waals surface area contributed by atoms with Gasteiger partial charge in [0.25, 0.3) is 0 Å². The molecule has 4 rings (SSSR count). The van der Waals surface area contributed by atoms with Crippen LogP contribution >= 0.6 is 0 Å². The summed E-state index contributed by atoms with van der Waals surface area (Å²) in [6.07, 6.45) is 8.40. The Bertz CT molecular complexity index is 784. The molecule has 0 N–H and O–H groups in total. The van der Waals surface area contributed by atoms with Crippen LogP contribution in [-0.4, -0.2) is 29.9 Å². The van der Waals surface area contributed by atoms with Gasteiger partial charge in [-0.1, -0.05) is 25.5 Å². The van der Waals surface area contributed by atoms with Crippen LogP contribution in [0.1, 0.15) is 79.6 Å². The zero-order chi connectivity index (χ0) is 21.8. The van der Waals surface area contributed by atoms with E-state index >= 15 is 0 Å². The molecule has 30 heavy (non-hydrogen) atoms. The number of fused-ring (bicyclic) bond motifs is 5. The second-order valence-electron chi connectivity index (χ2n) is 10.7. The van der Waals surface area contributed by atoms with Crippen LogP contribution in [0.4, 0.5) is 0 Å². The fraction of sp³-hybridized carbons (Fsp3) is 0.800. The zero-order valence-corrected chi connectivity index (χ0v) is 19.0. The van der Waals surface area contributed by atoms with Crippen LogP contribution in [0.2, 0.25) is 0 Å². The Hall–Kier alpha value is -1.65. The molecule has 0 bridgehead atoms. The predicted molar refractivity (Wildman–Crippen MR) is 112 cm³/mol. The first-order valence-corrected chi connectivity index (χ1v) is 11.6. The van der Waals surface area contributed by atoms with Crippen LogP contribution in [-0.2, 0) is 23.9 Å². The van der Waals surface area contributed by atoms with Gasteiger partial charge in [-0.2, -0.15) is 0 Å². The summed E-state index contributed by atoms with van der Waals surface area (Å²) in [6, 6.07) is 0. The smallest absolute Gasteiger partial charge is 0.302 e. The highest BCUT2D eigenvalue weighted by molar-refractivity contribution is 5.79. The lowest BCUT2D eigenvalue weighted by molar-refractivity contribution is -0.172. The van der Waals surface area contributed by atoms with Crippen molar-refractivity contribution in [2.75, 3.05) is 0 Å². The molecule has 4 aliphatic carbocycles. The van der Waals surface area contributed by atoms with E-state index in [-0.39, 0.29) is 40.9 Å². The molecule has 0 radical (unpaired) electrons. The average molecular weight is 417 g/mol. The number of carbonyl (C=O) groups is 3. The Morgan fingerprint density at radius 2 is 1.67 bits per heavy atom. The van der Waals surface area contributed by atoms with Crippen molar-refractivity contribution in [2.45, 2.75) is 91.8 Å². The molecule has 4 aliphatic rings. The Labute approximate surface area is 179 Å². The SMILES string of the molecule is CC(=O)O[C@H]1CC2=CC[C@@H]3[C@H]4CC[C@@H](C(C)=O)[C@@]4(C)CC[C@H]3[C@@]2(C)[C@@H](OC(C)=O)C1. The topological polar surface area (TPSA) is 69.7 Å². The van der Waals surface area contributed by atoms with Crippen LogP contribution in [0.5, 0.6) is 0 Å². The van der Waals surface area contributed by atoms with Gasteiger partial charge in [0.1, 0.15) is 18.0 Å². The molecule has 5 nitrogen and oxygen atoms in total. The highest BCUT2D eigenvalue weighted by Gasteiger charge is 2.62. The highest BCUT2D eigenvalue weighted by Crippen LogP contribution is 2.66. The molecule has 0 aromatic carbocycles. The summed E-state index contributed by atoms with van der Waals surface area (Å²) in [4.78, 5) is 35.9. The van der Waals surface area contributed by atoms with Crippen LogP contribution < -0.4 is 0 Å². The van der Waals surface area contributed by atoms with Crippen molar-refractivity contribution in [3.63, 3.8) is 0 Å². The van der Waals surface area contributed by atoms with Gasteiger partial charge in [0.15, 0.2) is 0 Å². The first-order valence-electron chi connectivity index (χ1n) is 11.6. The Balaban J connectivity index is 1.68. The van der Waals surface area contributed by atoms with E-state index in [1.807, 2.05) is 0 Å². The molecule has 0 aliphatic heterocycles. The van der Waals surface area contributed by atoms with E-state index in [1.165, 1.54) is 19.4 Å². The van der Waals surface area contributed by atoms with Crippen molar-refractivity contribution in [3.8, 4) is 0 Å². The molecular formula is C25H36O5. The predicted octanol–water partition coefficient (Wildman–Crippen LogP) is 4.63. The van der Waals surface area contributed by atoms with Gasteiger partial charge >= 0.3 is 11.9 Å². The third-order valence-corrected chi connectivity index (χ3v) is 9.26. The van der Waals surface area contributed by atoms with Gasteiger partial charge in [-0.3, -0.25) is 14.4 Å². The van der Waals surface area contributed by atoms with E-state index < -0.39 is 0 Å². The Morgan fingerprint density at radius 1 is 0.967 bits per heavy atom. The van der Waals surface area contributed by atoms with Gasteiger partial charge in [-0.25, -0.2) is 0 Å². The molecule has 0 spiro atoms. The molecule has 0 heterocycles. The van der Waals surface area contributed by atoms with Crippen LogP contribution in [0.3, 0.4) is 0 Å². The number of allylic oxidation sites excluding steroid dienone is 1. The number of ketones is 1. The van der Waals surface area contributed by atoms with E-state index in [1.54, 1.807) is 6.92 Å². The van der Waals surface area contributed by atoms with E-state index in [2.05, 4.69) is 19.9 Å². The van der Waals surface area contributed by atoms with Crippen LogP contribution in [0.25, 0.3) is 0 Å². The van der Waals surface area contributed by atoms with E-state index in [4.69, 9.17) is 9.47 Å². The molecule has 3 saturated carbocycles. The van der Waals surface area contributed by atoms with Crippen LogP contribution in [0.15, 0.2) is 11.6 Å². The summed E-state index contributed by atoms with van der Waals surface area (Å²) in [5.41, 5.74) is 1.17. The van der Waals surface area contributed by atoms with Gasteiger partial charge in [-0.05, 0) is 62.2 Å². The third kappa shape index (κ3) is 3.23. The lowest BCUT2D eigenvalue weighted by atomic mass is 9.46. The molecular weight excluding hydrogens is 380 g/mol. The van der Waals surface area contributed by atoms with E-state index in [0.29, 0.717) is 30.0 Å². The standard InChI is InChI=1S/C25H36O5/c1-14(26)20-8-9-21-19-7-6-17-12-18(29-15(2)27)13-23(30-16(3)28)25(17,5)22(19)10-11-24(20,21)4/h6,18-23H,7-13H2,1-5H3/t18-,19+,20-,21+,22+,23-,24+,25-/m0/s1. The van der Waals surface area contributed by atoms with Crippen molar-refractivity contribution in [1.82, 2.24) is 0 Å². The number of carbonyl (C=O) groups excluding carboxylic acids is 3. The van der Waals surface area contributed by atoms with E-state index in [9.17, 15) is 14.4 Å². The minimum Gasteiger partial charge on any atom is -0.462 e. The maximum Gasteiger partial charge on any atom is 0.302 e. The van der Waals surface area contributed by atoms with Gasteiger partial charge in [0.2, 0.25) is 0 Å². The van der Waals surface area contributed by atoms with Gasteiger partial charge in [0.05, 0.1) is 0 Å². The number of hydrogen-bond acceptors (Lipinski definition) is 5. The second kappa shape index (κ2) is 7.49. The molecule has 166 valence electrons. The molecule has 0 unspecified atom stereocenters. The van der Waals surface area contributed by atoms with Gasteiger partial charge in [-0.15, -0.1) is 0 Å². The molecule has 5 heteroatoms. The summed E-state index contributed by atoms with van der Waals surface area (Å²) < 4.78 is 11.4. The fourth-order valence-electron chi connectivity index (χ4n) is 8.02. The zero-order valence-electron chi connectivity index (χ0n) is 19.0. The monoisotopic (exact) mass is 416 g/mol. The lowest BCUT2D eigenvalue weighted by Gasteiger charge is -2.59. The van der Waals surface area contributed by atoms with Gasteiger partial charge in [0, 0.05) is 38.0 Å². The summed E-state index contributed by atoms with van der Waals surface area (Å²) in [6.45, 7) is 9.28. The number of hydrogen-bond donors (Lipinski definition) is 0.